The Labute approximate surface area is 175 Å². The zero-order valence-corrected chi connectivity index (χ0v) is 17.9. The predicted octanol–water partition coefficient (Wildman–Crippen LogP) is 4.66. The lowest BCUT2D eigenvalue weighted by Crippen LogP contribution is -2.62. The van der Waals surface area contributed by atoms with Crippen LogP contribution in [0.15, 0.2) is 33.5 Å². The zero-order chi connectivity index (χ0) is 21.7. The highest BCUT2D eigenvalue weighted by Crippen LogP contribution is 2.53. The van der Waals surface area contributed by atoms with Gasteiger partial charge in [0.1, 0.15) is 17.4 Å². The van der Waals surface area contributed by atoms with Gasteiger partial charge < -0.3 is 19.0 Å². The SMILES string of the molecule is CCOc1cc2ccc(O[C@H]3C[C@@H]4CC[C@](C(C)(C)C)(C3)N4C(=O)O)cc2oc1=O. The van der Waals surface area contributed by atoms with Crippen molar-refractivity contribution in [2.24, 2.45) is 5.41 Å². The molecule has 0 aliphatic carbocycles. The van der Waals surface area contributed by atoms with E-state index in [1.165, 1.54) is 0 Å². The van der Waals surface area contributed by atoms with E-state index in [1.807, 2.05) is 19.1 Å². The lowest BCUT2D eigenvalue weighted by atomic mass is 9.68. The number of rotatable bonds is 4. The molecule has 2 saturated heterocycles. The highest BCUT2D eigenvalue weighted by Gasteiger charge is 2.59. The Bertz CT molecular complexity index is 1020. The summed E-state index contributed by atoms with van der Waals surface area (Å²) in [5.74, 6) is 0.815. The molecule has 2 bridgehead atoms. The van der Waals surface area contributed by atoms with Gasteiger partial charge in [-0.15, -0.1) is 0 Å². The number of benzene rings is 1. The molecule has 2 fully saturated rings. The van der Waals surface area contributed by atoms with E-state index < -0.39 is 17.3 Å². The normalized spacial score (nSPS) is 26.1. The third kappa shape index (κ3) is 3.30. The van der Waals surface area contributed by atoms with Gasteiger partial charge in [0.2, 0.25) is 5.75 Å². The van der Waals surface area contributed by atoms with Gasteiger partial charge in [-0.3, -0.25) is 4.90 Å². The summed E-state index contributed by atoms with van der Waals surface area (Å²) in [6.45, 7) is 8.52. The molecule has 0 saturated carbocycles. The molecule has 0 radical (unpaired) electrons. The predicted molar refractivity (Wildman–Crippen MR) is 112 cm³/mol. The van der Waals surface area contributed by atoms with Crippen molar-refractivity contribution in [3.05, 3.63) is 34.7 Å². The molecule has 30 heavy (non-hydrogen) atoms. The van der Waals surface area contributed by atoms with Crippen molar-refractivity contribution in [1.29, 1.82) is 0 Å². The van der Waals surface area contributed by atoms with Crippen LogP contribution in [-0.4, -0.2) is 40.4 Å². The number of hydrogen-bond acceptors (Lipinski definition) is 5. The summed E-state index contributed by atoms with van der Waals surface area (Å²) in [7, 11) is 0. The summed E-state index contributed by atoms with van der Waals surface area (Å²) < 4.78 is 17.0. The molecule has 1 aromatic heterocycles. The van der Waals surface area contributed by atoms with E-state index in [4.69, 9.17) is 13.9 Å². The van der Waals surface area contributed by atoms with Gasteiger partial charge in [-0.1, -0.05) is 20.8 Å². The summed E-state index contributed by atoms with van der Waals surface area (Å²) in [5, 5.41) is 10.6. The van der Waals surface area contributed by atoms with E-state index in [9.17, 15) is 14.7 Å². The first kappa shape index (κ1) is 20.6. The first-order valence-corrected chi connectivity index (χ1v) is 10.5. The van der Waals surface area contributed by atoms with Crippen molar-refractivity contribution in [3.8, 4) is 11.5 Å². The second-order valence-electron chi connectivity index (χ2n) is 9.34. The van der Waals surface area contributed by atoms with Crippen molar-refractivity contribution >= 4 is 17.1 Å². The Morgan fingerprint density at radius 2 is 2.10 bits per heavy atom. The van der Waals surface area contributed by atoms with Crippen LogP contribution in [0.1, 0.15) is 53.4 Å². The second kappa shape index (κ2) is 7.22. The summed E-state index contributed by atoms with van der Waals surface area (Å²) in [5.41, 5.74) is -0.714. The molecule has 3 heterocycles. The van der Waals surface area contributed by atoms with Crippen molar-refractivity contribution < 1.29 is 23.8 Å². The van der Waals surface area contributed by atoms with Crippen LogP contribution in [-0.2, 0) is 0 Å². The van der Waals surface area contributed by atoms with E-state index in [0.29, 0.717) is 30.8 Å². The molecule has 7 nitrogen and oxygen atoms in total. The van der Waals surface area contributed by atoms with Crippen LogP contribution in [0.25, 0.3) is 11.0 Å². The van der Waals surface area contributed by atoms with Gasteiger partial charge >= 0.3 is 11.7 Å². The molecule has 2 aliphatic rings. The Morgan fingerprint density at radius 3 is 2.77 bits per heavy atom. The maximum Gasteiger partial charge on any atom is 0.408 e. The number of amides is 1. The molecule has 2 aliphatic heterocycles. The fourth-order valence-electron chi connectivity index (χ4n) is 5.26. The van der Waals surface area contributed by atoms with Crippen LogP contribution in [0.3, 0.4) is 0 Å². The average molecular weight is 415 g/mol. The van der Waals surface area contributed by atoms with Gasteiger partial charge in [0, 0.05) is 30.3 Å². The monoisotopic (exact) mass is 415 g/mol. The largest absolute Gasteiger partial charge is 0.490 e. The van der Waals surface area contributed by atoms with E-state index in [2.05, 4.69) is 20.8 Å². The second-order valence-corrected chi connectivity index (χ2v) is 9.34. The van der Waals surface area contributed by atoms with Gasteiger partial charge in [-0.25, -0.2) is 9.59 Å². The van der Waals surface area contributed by atoms with E-state index in [-0.39, 0.29) is 23.3 Å². The van der Waals surface area contributed by atoms with Gasteiger partial charge in [0.05, 0.1) is 12.1 Å². The van der Waals surface area contributed by atoms with Crippen LogP contribution < -0.4 is 15.1 Å². The quantitative estimate of drug-likeness (QED) is 0.731. The number of ether oxygens (including phenoxy) is 2. The Morgan fingerprint density at radius 1 is 1.33 bits per heavy atom. The molecular formula is C23H29NO6. The highest BCUT2D eigenvalue weighted by molar-refractivity contribution is 5.79. The Kier molecular flexibility index (Phi) is 4.95. The molecule has 1 aromatic carbocycles. The number of hydrogen-bond donors (Lipinski definition) is 1. The number of nitrogens with zero attached hydrogens (tertiary/aromatic N) is 1. The van der Waals surface area contributed by atoms with E-state index >= 15 is 0 Å². The Hall–Kier alpha value is -2.70. The van der Waals surface area contributed by atoms with Crippen molar-refractivity contribution in [1.82, 2.24) is 4.90 Å². The average Bonchev–Trinajstić information content (AvgIpc) is 2.92. The summed E-state index contributed by atoms with van der Waals surface area (Å²) in [6, 6.07) is 7.06. The molecule has 1 N–H and O–H groups in total. The van der Waals surface area contributed by atoms with Gasteiger partial charge in [0.15, 0.2) is 0 Å². The minimum Gasteiger partial charge on any atom is -0.490 e. The van der Waals surface area contributed by atoms with Crippen molar-refractivity contribution in [2.45, 2.75) is 71.1 Å². The molecule has 0 unspecified atom stereocenters. The van der Waals surface area contributed by atoms with E-state index in [1.54, 1.807) is 17.0 Å². The maximum atomic E-state index is 12.1. The van der Waals surface area contributed by atoms with Crippen molar-refractivity contribution in [3.63, 3.8) is 0 Å². The Balaban J connectivity index is 1.60. The molecule has 162 valence electrons. The zero-order valence-electron chi connectivity index (χ0n) is 17.9. The molecule has 1 amide bonds. The fraction of sp³-hybridized carbons (Fsp3) is 0.565. The first-order valence-electron chi connectivity index (χ1n) is 10.5. The minimum absolute atomic E-state index is 0.0346. The van der Waals surface area contributed by atoms with Gasteiger partial charge in [-0.05, 0) is 43.4 Å². The summed E-state index contributed by atoms with van der Waals surface area (Å²) in [6.07, 6.45) is 2.07. The topological polar surface area (TPSA) is 89.2 Å². The van der Waals surface area contributed by atoms with E-state index in [0.717, 1.165) is 18.2 Å². The van der Waals surface area contributed by atoms with Gasteiger partial charge in [-0.2, -0.15) is 0 Å². The van der Waals surface area contributed by atoms with Crippen LogP contribution in [0.4, 0.5) is 4.79 Å². The molecule has 3 atom stereocenters. The van der Waals surface area contributed by atoms with Crippen LogP contribution >= 0.6 is 0 Å². The van der Waals surface area contributed by atoms with Crippen LogP contribution in [0.2, 0.25) is 0 Å². The first-order chi connectivity index (χ1) is 14.1. The lowest BCUT2D eigenvalue weighted by molar-refractivity contribution is -0.0520. The molecular weight excluding hydrogens is 386 g/mol. The summed E-state index contributed by atoms with van der Waals surface area (Å²) >= 11 is 0. The van der Waals surface area contributed by atoms with Crippen molar-refractivity contribution in [2.75, 3.05) is 6.61 Å². The third-order valence-corrected chi connectivity index (χ3v) is 6.70. The number of carboxylic acid groups (broad SMARTS) is 1. The smallest absolute Gasteiger partial charge is 0.408 e. The molecule has 7 heteroatoms. The van der Waals surface area contributed by atoms with Crippen LogP contribution in [0, 0.1) is 5.41 Å². The summed E-state index contributed by atoms with van der Waals surface area (Å²) in [4.78, 5) is 25.8. The molecule has 0 spiro atoms. The molecule has 4 rings (SSSR count). The minimum atomic E-state index is -0.844. The lowest BCUT2D eigenvalue weighted by Gasteiger charge is -2.53. The number of fused-ring (bicyclic) bond motifs is 3. The highest BCUT2D eigenvalue weighted by atomic mass is 16.5. The number of carbonyl (C=O) groups is 1. The molecule has 2 aromatic rings. The number of piperidine rings is 1. The third-order valence-electron chi connectivity index (χ3n) is 6.70. The maximum absolute atomic E-state index is 12.1. The fourth-order valence-corrected chi connectivity index (χ4v) is 5.26. The standard InChI is InChI=1S/C23H29NO6/c1-5-28-19-10-14-6-7-16(12-18(14)30-20(19)25)29-17-11-15-8-9-23(13-17,22(2,3)4)24(15)21(26)27/h6-7,10,12,15,17H,5,8-9,11,13H2,1-4H3,(H,26,27)/t15-,17-,23+/m0/s1. The van der Waals surface area contributed by atoms with Crippen LogP contribution in [0.5, 0.6) is 11.5 Å². The van der Waals surface area contributed by atoms with Gasteiger partial charge in [0.25, 0.3) is 0 Å².